The second-order valence-electron chi connectivity index (χ2n) is 7.37. The lowest BCUT2D eigenvalue weighted by atomic mass is 10.2. The van der Waals surface area contributed by atoms with E-state index in [0.717, 1.165) is 32.0 Å². The van der Waals surface area contributed by atoms with Crippen LogP contribution in [0.15, 0.2) is 42.7 Å². The van der Waals surface area contributed by atoms with E-state index in [4.69, 9.17) is 0 Å². The van der Waals surface area contributed by atoms with Crippen LogP contribution in [-0.4, -0.2) is 83.9 Å². The maximum atomic E-state index is 12.8. The zero-order chi connectivity index (χ0) is 20.2. The van der Waals surface area contributed by atoms with Crippen molar-refractivity contribution >= 4 is 23.3 Å². The van der Waals surface area contributed by atoms with Crippen molar-refractivity contribution in [3.05, 3.63) is 48.4 Å². The van der Waals surface area contributed by atoms with Crippen LogP contribution in [0.4, 0.5) is 11.5 Å². The van der Waals surface area contributed by atoms with Crippen LogP contribution < -0.4 is 9.80 Å². The molecule has 0 N–H and O–H groups in total. The van der Waals surface area contributed by atoms with Gasteiger partial charge < -0.3 is 19.6 Å². The molecule has 1 aromatic heterocycles. The summed E-state index contributed by atoms with van der Waals surface area (Å²) in [5.41, 5.74) is 1.57. The molecule has 3 heterocycles. The van der Waals surface area contributed by atoms with E-state index in [1.165, 1.54) is 5.69 Å². The number of aromatic nitrogens is 2. The van der Waals surface area contributed by atoms with Crippen LogP contribution >= 0.6 is 0 Å². The largest absolute Gasteiger partial charge is 0.368 e. The third kappa shape index (κ3) is 4.31. The van der Waals surface area contributed by atoms with Gasteiger partial charge >= 0.3 is 0 Å². The first kappa shape index (κ1) is 19.2. The lowest BCUT2D eigenvalue weighted by Crippen LogP contribution is -2.49. The van der Waals surface area contributed by atoms with E-state index in [2.05, 4.69) is 31.9 Å². The highest BCUT2D eigenvalue weighted by Crippen LogP contribution is 2.17. The van der Waals surface area contributed by atoms with Crippen molar-refractivity contribution in [2.24, 2.45) is 0 Å². The average Bonchev–Trinajstić information content (AvgIpc) is 2.79. The van der Waals surface area contributed by atoms with Gasteiger partial charge in [0.25, 0.3) is 5.91 Å². The van der Waals surface area contributed by atoms with Crippen LogP contribution in [-0.2, 0) is 4.79 Å². The van der Waals surface area contributed by atoms with Crippen LogP contribution in [0.3, 0.4) is 0 Å². The van der Waals surface area contributed by atoms with Crippen molar-refractivity contribution in [1.29, 1.82) is 0 Å². The number of rotatable bonds is 3. The number of hydrogen-bond acceptors (Lipinski definition) is 6. The zero-order valence-corrected chi connectivity index (χ0v) is 16.7. The van der Waals surface area contributed by atoms with Gasteiger partial charge in [0, 0.05) is 65.0 Å². The van der Waals surface area contributed by atoms with Crippen LogP contribution in [0.1, 0.15) is 17.4 Å². The van der Waals surface area contributed by atoms with E-state index in [0.29, 0.717) is 31.9 Å². The lowest BCUT2D eigenvalue weighted by molar-refractivity contribution is -0.129. The van der Waals surface area contributed by atoms with Gasteiger partial charge in [-0.1, -0.05) is 18.2 Å². The summed E-state index contributed by atoms with van der Waals surface area (Å²) in [5.74, 6) is 0.779. The Labute approximate surface area is 170 Å². The number of hydrogen-bond donors (Lipinski definition) is 0. The van der Waals surface area contributed by atoms with Crippen LogP contribution in [0, 0.1) is 0 Å². The van der Waals surface area contributed by atoms with E-state index in [-0.39, 0.29) is 11.8 Å². The maximum absolute atomic E-state index is 12.8. The molecule has 0 aliphatic carbocycles. The number of para-hydroxylation sites is 1. The molecule has 0 unspecified atom stereocenters. The normalized spacial score (nSPS) is 17.4. The maximum Gasteiger partial charge on any atom is 0.274 e. The van der Waals surface area contributed by atoms with E-state index in [1.807, 2.05) is 28.0 Å². The van der Waals surface area contributed by atoms with Crippen molar-refractivity contribution < 1.29 is 9.59 Å². The fraction of sp³-hybridized carbons (Fsp3) is 0.429. The third-order valence-corrected chi connectivity index (χ3v) is 5.59. The van der Waals surface area contributed by atoms with E-state index in [1.54, 1.807) is 19.3 Å². The predicted molar refractivity (Wildman–Crippen MR) is 111 cm³/mol. The molecule has 2 aromatic rings. The zero-order valence-electron chi connectivity index (χ0n) is 16.7. The van der Waals surface area contributed by atoms with E-state index >= 15 is 0 Å². The Hall–Kier alpha value is -3.16. The molecule has 2 amide bonds. The first-order valence-corrected chi connectivity index (χ1v) is 10.0. The van der Waals surface area contributed by atoms with Crippen molar-refractivity contribution in [2.75, 3.05) is 62.2 Å². The predicted octanol–water partition coefficient (Wildman–Crippen LogP) is 1.11. The molecule has 0 spiro atoms. The molecule has 0 atom stereocenters. The van der Waals surface area contributed by atoms with Gasteiger partial charge in [0.1, 0.15) is 11.5 Å². The van der Waals surface area contributed by atoms with Gasteiger partial charge in [-0.15, -0.1) is 0 Å². The molecular weight excluding hydrogens is 368 g/mol. The lowest BCUT2D eigenvalue weighted by Gasteiger charge is -2.36. The van der Waals surface area contributed by atoms with Gasteiger partial charge in [-0.3, -0.25) is 9.59 Å². The molecule has 0 bridgehead atoms. The highest BCUT2D eigenvalue weighted by Gasteiger charge is 2.24. The molecular formula is C21H26N6O2. The number of amides is 2. The highest BCUT2D eigenvalue weighted by molar-refractivity contribution is 5.92. The molecule has 29 heavy (non-hydrogen) atoms. The Bertz CT molecular complexity index is 841. The Morgan fingerprint density at radius 3 is 1.97 bits per heavy atom. The van der Waals surface area contributed by atoms with Gasteiger partial charge in [0.05, 0.1) is 12.4 Å². The topological polar surface area (TPSA) is 72.9 Å². The van der Waals surface area contributed by atoms with Crippen molar-refractivity contribution in [2.45, 2.75) is 6.92 Å². The smallest absolute Gasteiger partial charge is 0.274 e. The molecule has 0 saturated carbocycles. The first-order valence-electron chi connectivity index (χ1n) is 10.0. The number of carbonyl (C=O) groups is 2. The van der Waals surface area contributed by atoms with Gasteiger partial charge in [0.2, 0.25) is 5.91 Å². The molecule has 2 fully saturated rings. The molecule has 2 saturated heterocycles. The summed E-state index contributed by atoms with van der Waals surface area (Å²) in [5, 5.41) is 0. The fourth-order valence-corrected chi connectivity index (χ4v) is 3.81. The van der Waals surface area contributed by atoms with Gasteiger partial charge in [0.15, 0.2) is 0 Å². The third-order valence-electron chi connectivity index (χ3n) is 5.59. The first-order chi connectivity index (χ1) is 14.1. The molecule has 2 aliphatic heterocycles. The van der Waals surface area contributed by atoms with Crippen molar-refractivity contribution in [3.8, 4) is 0 Å². The second-order valence-corrected chi connectivity index (χ2v) is 7.37. The number of nitrogens with zero attached hydrogens (tertiary/aromatic N) is 6. The molecule has 4 rings (SSSR count). The molecule has 0 radical (unpaired) electrons. The average molecular weight is 394 g/mol. The Balaban J connectivity index is 1.32. The summed E-state index contributed by atoms with van der Waals surface area (Å²) in [7, 11) is 0. The minimum absolute atomic E-state index is 0.0711. The Kier molecular flexibility index (Phi) is 5.59. The van der Waals surface area contributed by atoms with Crippen molar-refractivity contribution in [3.63, 3.8) is 0 Å². The van der Waals surface area contributed by atoms with Gasteiger partial charge in [-0.05, 0) is 12.1 Å². The summed E-state index contributed by atoms with van der Waals surface area (Å²) >= 11 is 0. The number of anilines is 2. The Morgan fingerprint density at radius 1 is 0.759 bits per heavy atom. The minimum atomic E-state index is -0.0711. The van der Waals surface area contributed by atoms with E-state index < -0.39 is 0 Å². The quantitative estimate of drug-likeness (QED) is 0.777. The molecule has 152 valence electrons. The van der Waals surface area contributed by atoms with Crippen molar-refractivity contribution in [1.82, 2.24) is 19.8 Å². The highest BCUT2D eigenvalue weighted by atomic mass is 16.2. The molecule has 1 aromatic carbocycles. The second kappa shape index (κ2) is 8.46. The summed E-state index contributed by atoms with van der Waals surface area (Å²) in [4.78, 5) is 41.1. The number of benzene rings is 1. The Morgan fingerprint density at radius 2 is 1.38 bits per heavy atom. The van der Waals surface area contributed by atoms with Crippen LogP contribution in [0.25, 0.3) is 0 Å². The number of piperazine rings is 2. The summed E-state index contributed by atoms with van der Waals surface area (Å²) in [6, 6.07) is 10.3. The summed E-state index contributed by atoms with van der Waals surface area (Å²) in [6.07, 6.45) is 3.23. The van der Waals surface area contributed by atoms with E-state index in [9.17, 15) is 9.59 Å². The molecule has 8 heteroatoms. The van der Waals surface area contributed by atoms with Crippen LogP contribution in [0.5, 0.6) is 0 Å². The summed E-state index contributed by atoms with van der Waals surface area (Å²) < 4.78 is 0. The fourth-order valence-electron chi connectivity index (χ4n) is 3.81. The number of carbonyl (C=O) groups excluding carboxylic acids is 2. The monoisotopic (exact) mass is 394 g/mol. The van der Waals surface area contributed by atoms with Gasteiger partial charge in [-0.25, -0.2) is 9.97 Å². The summed E-state index contributed by atoms with van der Waals surface area (Å²) in [6.45, 7) is 7.37. The molecule has 8 nitrogen and oxygen atoms in total. The molecule has 2 aliphatic rings. The minimum Gasteiger partial charge on any atom is -0.368 e. The SMILES string of the molecule is CC(=O)N1CCN(c2cnc(C(=O)N3CCN(c4ccccc4)CC3)cn2)CC1. The van der Waals surface area contributed by atoms with Gasteiger partial charge in [-0.2, -0.15) is 0 Å². The van der Waals surface area contributed by atoms with Crippen LogP contribution in [0.2, 0.25) is 0 Å². The standard InChI is InChI=1S/C21H26N6O2/c1-17(28)24-7-11-26(12-8-24)20-16-22-19(15-23-20)21(29)27-13-9-25(10-14-27)18-5-3-2-4-6-18/h2-6,15-16H,7-14H2,1H3.